The van der Waals surface area contributed by atoms with E-state index in [-0.39, 0.29) is 15.8 Å². The summed E-state index contributed by atoms with van der Waals surface area (Å²) in [6.07, 6.45) is 6.56. The number of hydrogen-bond donors (Lipinski definition) is 0. The molecule has 35 heavy (non-hydrogen) atoms. The Hall–Kier alpha value is -1.31. The fourth-order valence-electron chi connectivity index (χ4n) is 3.79. The smallest absolute Gasteiger partial charge is 0.0195 e. The van der Waals surface area contributed by atoms with Crippen LogP contribution < -0.4 is 21.2 Å². The van der Waals surface area contributed by atoms with Crippen molar-refractivity contribution in [2.24, 2.45) is 0 Å². The van der Waals surface area contributed by atoms with Crippen LogP contribution >= 0.6 is 25.4 Å². The topological polar surface area (TPSA) is 0 Å². The van der Waals surface area contributed by atoms with E-state index in [4.69, 9.17) is 0 Å². The molecule has 0 amide bonds. The number of rotatable bonds is 9. The summed E-state index contributed by atoms with van der Waals surface area (Å²) in [7, 11) is 3.92. The minimum Gasteiger partial charge on any atom is -0.0622 e. The predicted molar refractivity (Wildman–Crippen MR) is 158 cm³/mol. The van der Waals surface area contributed by atoms with Gasteiger partial charge in [-0.2, -0.15) is 0 Å². The first kappa shape index (κ1) is 29.9. The molecule has 0 bridgehead atoms. The second-order valence-electron chi connectivity index (χ2n) is 7.64. The molecule has 0 fully saturated rings. The van der Waals surface area contributed by atoms with Crippen LogP contribution in [-0.4, -0.2) is 12.3 Å². The Bertz CT molecular complexity index is 851. The van der Waals surface area contributed by atoms with Gasteiger partial charge in [-0.05, 0) is 82.5 Å². The molecule has 4 aromatic rings. The molecule has 0 spiro atoms. The van der Waals surface area contributed by atoms with Gasteiger partial charge in [-0.3, -0.25) is 0 Å². The van der Waals surface area contributed by atoms with Crippen LogP contribution in [0, 0.1) is 20.3 Å². The average molecular weight is 609 g/mol. The molecular formula is C31H33ClP2Pd+. The summed E-state index contributed by atoms with van der Waals surface area (Å²) in [5.41, 5.74) is 0. The first-order valence-electron chi connectivity index (χ1n) is 11.6. The normalized spacial score (nSPS) is 10.3. The van der Waals surface area contributed by atoms with Gasteiger partial charge < -0.3 is 0 Å². The molecule has 0 unspecified atom stereocenters. The minimum atomic E-state index is -0.283. The standard InChI is InChI=1S/C28H28P2.C3H5.ClH.Pd/c1-5-15-25(16-6-1)29(26-17-7-2-8-18-26)23-13-14-24-30(27-19-9-3-10-20-27)28-21-11-4-12-22-28;1-3-2;;/h1-12,15-22H,13-14,23-24H2;3H,1-2H2;1H;/q;;;+2/p-1. The van der Waals surface area contributed by atoms with E-state index in [9.17, 15) is 0 Å². The fourth-order valence-corrected chi connectivity index (χ4v) is 8.62. The van der Waals surface area contributed by atoms with Crippen molar-refractivity contribution in [3.05, 3.63) is 142 Å². The quantitative estimate of drug-likeness (QED) is 0.104. The SMILES string of the molecule is [CH2][CH][CH2].[Cl][Pd+].c1ccc(P(CCCCP(c2ccccc2)c2ccccc2)c2ccccc2)cc1. The molecule has 4 aromatic carbocycles. The van der Waals surface area contributed by atoms with Crippen LogP contribution in [0.3, 0.4) is 0 Å². The molecule has 0 aliphatic rings. The van der Waals surface area contributed by atoms with Crippen molar-refractivity contribution in [1.29, 1.82) is 0 Å². The van der Waals surface area contributed by atoms with Crippen LogP contribution in [-0.2, 0) is 18.2 Å². The molecule has 0 nitrogen and oxygen atoms in total. The van der Waals surface area contributed by atoms with E-state index in [0.717, 1.165) is 0 Å². The second kappa shape index (κ2) is 18.9. The molecule has 0 aliphatic carbocycles. The number of halogens is 1. The van der Waals surface area contributed by atoms with Gasteiger partial charge in [0.25, 0.3) is 0 Å². The molecular weight excluding hydrogens is 576 g/mol. The van der Waals surface area contributed by atoms with Crippen LogP contribution in [0.25, 0.3) is 0 Å². The first-order chi connectivity index (χ1) is 17.3. The van der Waals surface area contributed by atoms with E-state index in [0.29, 0.717) is 0 Å². The number of hydrogen-bond acceptors (Lipinski definition) is 0. The zero-order valence-electron chi connectivity index (χ0n) is 20.0. The van der Waals surface area contributed by atoms with E-state index in [1.807, 2.05) is 0 Å². The summed E-state index contributed by atoms with van der Waals surface area (Å²) in [4.78, 5) is 0. The summed E-state index contributed by atoms with van der Waals surface area (Å²) in [5, 5.41) is 5.97. The maximum absolute atomic E-state index is 4.49. The largest absolute Gasteiger partial charge is 0.0622 e. The molecule has 0 saturated carbocycles. The zero-order chi connectivity index (χ0) is 25.1. The van der Waals surface area contributed by atoms with Crippen LogP contribution in [0.5, 0.6) is 0 Å². The zero-order valence-corrected chi connectivity index (χ0v) is 24.1. The van der Waals surface area contributed by atoms with Crippen LogP contribution in [0.1, 0.15) is 12.8 Å². The molecule has 0 aromatic heterocycles. The van der Waals surface area contributed by atoms with Gasteiger partial charge in [0, 0.05) is 0 Å². The molecule has 4 rings (SSSR count). The van der Waals surface area contributed by atoms with Crippen molar-refractivity contribution < 1.29 is 18.2 Å². The number of benzene rings is 4. The van der Waals surface area contributed by atoms with E-state index in [1.54, 1.807) is 0 Å². The third-order valence-electron chi connectivity index (χ3n) is 5.28. The predicted octanol–water partition coefficient (Wildman–Crippen LogP) is 7.58. The molecule has 3 radical (unpaired) electrons. The van der Waals surface area contributed by atoms with Crippen molar-refractivity contribution >= 4 is 46.6 Å². The Morgan fingerprint density at radius 3 is 0.886 bits per heavy atom. The minimum absolute atomic E-state index is 0.283. The van der Waals surface area contributed by atoms with Gasteiger partial charge in [-0.15, -0.1) is 0 Å². The molecule has 0 N–H and O–H groups in total. The van der Waals surface area contributed by atoms with Gasteiger partial charge in [-0.25, -0.2) is 0 Å². The summed E-state index contributed by atoms with van der Waals surface area (Å²) in [5.74, 6) is 0. The molecule has 0 saturated heterocycles. The molecule has 183 valence electrons. The van der Waals surface area contributed by atoms with E-state index in [2.05, 4.69) is 163 Å². The molecule has 0 atom stereocenters. The Kier molecular flexibility index (Phi) is 16.1. The fraction of sp³-hybridized carbons (Fsp3) is 0.129. The van der Waals surface area contributed by atoms with E-state index in [1.165, 1.54) is 52.8 Å². The third-order valence-corrected chi connectivity index (χ3v) is 10.5. The molecule has 0 aliphatic heterocycles. The van der Waals surface area contributed by atoms with Crippen molar-refractivity contribution in [2.75, 3.05) is 12.3 Å². The summed E-state index contributed by atoms with van der Waals surface area (Å²) in [6, 6.07) is 44.3. The second-order valence-corrected chi connectivity index (χ2v) is 12.3. The van der Waals surface area contributed by atoms with Gasteiger partial charge in [0.15, 0.2) is 0 Å². The monoisotopic (exact) mass is 608 g/mol. The van der Waals surface area contributed by atoms with Gasteiger partial charge in [0.1, 0.15) is 0 Å². The van der Waals surface area contributed by atoms with Crippen molar-refractivity contribution in [2.45, 2.75) is 12.8 Å². The summed E-state index contributed by atoms with van der Waals surface area (Å²) >= 11 is 2.22. The number of unbranched alkanes of at least 4 members (excludes halogenated alkanes) is 1. The summed E-state index contributed by atoms with van der Waals surface area (Å²) < 4.78 is 0. The van der Waals surface area contributed by atoms with Crippen molar-refractivity contribution in [3.63, 3.8) is 0 Å². The Balaban J connectivity index is 0.000000803. The van der Waals surface area contributed by atoms with E-state index >= 15 is 0 Å². The molecule has 4 heteroatoms. The van der Waals surface area contributed by atoms with Gasteiger partial charge in [-0.1, -0.05) is 121 Å². The van der Waals surface area contributed by atoms with Crippen LogP contribution in [0.2, 0.25) is 0 Å². The Morgan fingerprint density at radius 2 is 0.686 bits per heavy atom. The Morgan fingerprint density at radius 1 is 0.486 bits per heavy atom. The van der Waals surface area contributed by atoms with Crippen LogP contribution in [0.4, 0.5) is 0 Å². The van der Waals surface area contributed by atoms with Gasteiger partial charge in [0.05, 0.1) is 0 Å². The van der Waals surface area contributed by atoms with Crippen molar-refractivity contribution in [3.8, 4) is 0 Å². The average Bonchev–Trinajstić information content (AvgIpc) is 2.94. The third kappa shape index (κ3) is 10.7. The summed E-state index contributed by atoms with van der Waals surface area (Å²) in [6.45, 7) is 6.50. The molecule has 0 heterocycles. The Labute approximate surface area is 230 Å². The van der Waals surface area contributed by atoms with Crippen LogP contribution in [0.15, 0.2) is 121 Å². The first-order valence-corrected chi connectivity index (χ1v) is 16.7. The maximum atomic E-state index is 4.49. The van der Waals surface area contributed by atoms with Gasteiger partial charge in [0.2, 0.25) is 0 Å². The van der Waals surface area contributed by atoms with E-state index < -0.39 is 0 Å². The maximum Gasteiger partial charge on any atom is -0.0195 e. The van der Waals surface area contributed by atoms with Gasteiger partial charge >= 0.3 is 27.7 Å². The van der Waals surface area contributed by atoms with Crippen molar-refractivity contribution in [1.82, 2.24) is 0 Å².